The maximum Gasteiger partial charge on any atom is 0.341 e. The van der Waals surface area contributed by atoms with E-state index in [1.54, 1.807) is 14.0 Å². The minimum Gasteiger partial charge on any atom is -0.462 e. The van der Waals surface area contributed by atoms with Gasteiger partial charge in [-0.15, -0.1) is 11.3 Å². The second-order valence-corrected chi connectivity index (χ2v) is 5.60. The number of ether oxygens (including phenoxy) is 1. The Bertz CT molecular complexity index is 638. The Labute approximate surface area is 133 Å². The van der Waals surface area contributed by atoms with Crippen molar-refractivity contribution in [1.82, 2.24) is 5.32 Å². The number of hydrogen-bond acceptors (Lipinski definition) is 4. The standard InChI is InChI=1S/C15H16N2O2S2/c1-3-19-14(18)11-9-12(10-7-5-4-6-8-10)21-13(11)17-15(20)16-2/h4-9H,3H2,1-2H3,(H2,16,17,20). The molecular formula is C15H16N2O2S2. The molecule has 0 aliphatic carbocycles. The normalized spacial score (nSPS) is 10.0. The molecule has 0 saturated carbocycles. The zero-order valence-electron chi connectivity index (χ0n) is 11.8. The largest absolute Gasteiger partial charge is 0.462 e. The van der Waals surface area contributed by atoms with Crippen molar-refractivity contribution >= 4 is 39.6 Å². The molecule has 1 aromatic heterocycles. The molecule has 21 heavy (non-hydrogen) atoms. The van der Waals surface area contributed by atoms with E-state index < -0.39 is 0 Å². The van der Waals surface area contributed by atoms with Crippen molar-refractivity contribution in [2.75, 3.05) is 19.0 Å². The van der Waals surface area contributed by atoms with Gasteiger partial charge in [0.05, 0.1) is 12.2 Å². The number of carbonyl (C=O) groups excluding carboxylic acids is 1. The molecule has 0 aliphatic rings. The third kappa shape index (κ3) is 3.80. The fraction of sp³-hybridized carbons (Fsp3) is 0.200. The first kappa shape index (κ1) is 15.5. The Hall–Kier alpha value is -1.92. The Morgan fingerprint density at radius 2 is 2.05 bits per heavy atom. The smallest absolute Gasteiger partial charge is 0.341 e. The third-order valence-corrected chi connectivity index (χ3v) is 4.15. The topological polar surface area (TPSA) is 50.4 Å². The molecule has 6 heteroatoms. The number of carbonyl (C=O) groups is 1. The number of hydrogen-bond donors (Lipinski definition) is 2. The number of esters is 1. The highest BCUT2D eigenvalue weighted by atomic mass is 32.1. The summed E-state index contributed by atoms with van der Waals surface area (Å²) in [4.78, 5) is 13.0. The molecule has 0 spiro atoms. The highest BCUT2D eigenvalue weighted by Crippen LogP contribution is 2.35. The molecule has 2 aromatic rings. The van der Waals surface area contributed by atoms with Gasteiger partial charge in [0, 0.05) is 11.9 Å². The second kappa shape index (κ2) is 7.19. The van der Waals surface area contributed by atoms with Gasteiger partial charge in [-0.3, -0.25) is 0 Å². The third-order valence-electron chi connectivity index (χ3n) is 2.74. The minimum absolute atomic E-state index is 0.339. The van der Waals surface area contributed by atoms with Crippen molar-refractivity contribution in [1.29, 1.82) is 0 Å². The van der Waals surface area contributed by atoms with E-state index >= 15 is 0 Å². The van der Waals surface area contributed by atoms with Crippen LogP contribution in [0.25, 0.3) is 10.4 Å². The van der Waals surface area contributed by atoms with Gasteiger partial charge in [-0.25, -0.2) is 4.79 Å². The first-order valence-electron chi connectivity index (χ1n) is 6.50. The molecular weight excluding hydrogens is 304 g/mol. The number of thiocarbonyl (C=S) groups is 1. The van der Waals surface area contributed by atoms with E-state index in [0.29, 0.717) is 22.3 Å². The van der Waals surface area contributed by atoms with E-state index in [9.17, 15) is 4.79 Å². The van der Waals surface area contributed by atoms with Gasteiger partial charge in [0.15, 0.2) is 5.11 Å². The van der Waals surface area contributed by atoms with Crippen LogP contribution >= 0.6 is 23.6 Å². The quantitative estimate of drug-likeness (QED) is 0.667. The van der Waals surface area contributed by atoms with Gasteiger partial charge in [-0.1, -0.05) is 30.3 Å². The van der Waals surface area contributed by atoms with Crippen LogP contribution < -0.4 is 10.6 Å². The predicted molar refractivity (Wildman–Crippen MR) is 91.0 cm³/mol. The van der Waals surface area contributed by atoms with Crippen LogP contribution in [0.3, 0.4) is 0 Å². The Kier molecular flexibility index (Phi) is 5.30. The molecule has 0 unspecified atom stereocenters. The van der Waals surface area contributed by atoms with Crippen LogP contribution in [0.5, 0.6) is 0 Å². The summed E-state index contributed by atoms with van der Waals surface area (Å²) in [5.74, 6) is -0.350. The number of anilines is 1. The van der Waals surface area contributed by atoms with Crippen molar-refractivity contribution in [3.63, 3.8) is 0 Å². The van der Waals surface area contributed by atoms with Crippen LogP contribution in [0.2, 0.25) is 0 Å². The molecule has 0 amide bonds. The van der Waals surface area contributed by atoms with Gasteiger partial charge in [0.2, 0.25) is 0 Å². The number of rotatable bonds is 4. The molecule has 4 nitrogen and oxygen atoms in total. The molecule has 0 bridgehead atoms. The predicted octanol–water partition coefficient (Wildman–Crippen LogP) is 3.51. The van der Waals surface area contributed by atoms with E-state index in [2.05, 4.69) is 10.6 Å². The zero-order chi connectivity index (χ0) is 15.2. The Morgan fingerprint density at radius 1 is 1.33 bits per heavy atom. The van der Waals surface area contributed by atoms with Crippen molar-refractivity contribution in [2.45, 2.75) is 6.92 Å². The summed E-state index contributed by atoms with van der Waals surface area (Å²) in [6.07, 6.45) is 0. The van der Waals surface area contributed by atoms with E-state index in [0.717, 1.165) is 10.4 Å². The van der Waals surface area contributed by atoms with Gasteiger partial charge in [-0.2, -0.15) is 0 Å². The Morgan fingerprint density at radius 3 is 2.67 bits per heavy atom. The average molecular weight is 320 g/mol. The van der Waals surface area contributed by atoms with Gasteiger partial charge in [0.25, 0.3) is 0 Å². The van der Waals surface area contributed by atoms with Crippen LogP contribution in [0, 0.1) is 0 Å². The summed E-state index contributed by atoms with van der Waals surface area (Å²) in [6.45, 7) is 2.12. The van der Waals surface area contributed by atoms with E-state index in [1.807, 2.05) is 36.4 Å². The summed E-state index contributed by atoms with van der Waals surface area (Å²) in [5, 5.41) is 7.01. The maximum atomic E-state index is 12.1. The molecule has 2 rings (SSSR count). The number of thiophene rings is 1. The van der Waals surface area contributed by atoms with Crippen molar-refractivity contribution < 1.29 is 9.53 Å². The first-order valence-corrected chi connectivity index (χ1v) is 7.73. The van der Waals surface area contributed by atoms with E-state index in [4.69, 9.17) is 17.0 Å². The molecule has 0 aliphatic heterocycles. The van der Waals surface area contributed by atoms with Gasteiger partial charge >= 0.3 is 5.97 Å². The van der Waals surface area contributed by atoms with Crippen molar-refractivity contribution in [3.8, 4) is 10.4 Å². The molecule has 1 heterocycles. The monoisotopic (exact) mass is 320 g/mol. The lowest BCUT2D eigenvalue weighted by molar-refractivity contribution is 0.0528. The number of benzene rings is 1. The summed E-state index contributed by atoms with van der Waals surface area (Å²) < 4.78 is 5.10. The van der Waals surface area contributed by atoms with Gasteiger partial charge < -0.3 is 15.4 Å². The van der Waals surface area contributed by atoms with Gasteiger partial charge in [-0.05, 0) is 30.8 Å². The lowest BCUT2D eigenvalue weighted by Gasteiger charge is -2.07. The molecule has 0 saturated heterocycles. The fourth-order valence-electron chi connectivity index (χ4n) is 1.75. The SMILES string of the molecule is CCOC(=O)c1cc(-c2ccccc2)sc1NC(=S)NC. The van der Waals surface area contributed by atoms with Crippen molar-refractivity contribution in [3.05, 3.63) is 42.0 Å². The maximum absolute atomic E-state index is 12.1. The minimum atomic E-state index is -0.350. The lowest BCUT2D eigenvalue weighted by atomic mass is 10.1. The van der Waals surface area contributed by atoms with E-state index in [1.165, 1.54) is 11.3 Å². The first-order chi connectivity index (χ1) is 10.2. The second-order valence-electron chi connectivity index (χ2n) is 4.14. The van der Waals surface area contributed by atoms with Crippen LogP contribution in [0.1, 0.15) is 17.3 Å². The highest BCUT2D eigenvalue weighted by molar-refractivity contribution is 7.80. The number of nitrogens with one attached hydrogen (secondary N) is 2. The fourth-order valence-corrected chi connectivity index (χ4v) is 2.98. The summed E-state index contributed by atoms with van der Waals surface area (Å²) >= 11 is 6.58. The average Bonchev–Trinajstić information content (AvgIpc) is 2.92. The van der Waals surface area contributed by atoms with Crippen LogP contribution in [-0.4, -0.2) is 24.7 Å². The van der Waals surface area contributed by atoms with Crippen LogP contribution in [-0.2, 0) is 4.74 Å². The van der Waals surface area contributed by atoms with Crippen LogP contribution in [0.4, 0.5) is 5.00 Å². The highest BCUT2D eigenvalue weighted by Gasteiger charge is 2.18. The summed E-state index contributed by atoms with van der Waals surface area (Å²) in [6, 6.07) is 11.7. The van der Waals surface area contributed by atoms with Crippen LogP contribution in [0.15, 0.2) is 36.4 Å². The zero-order valence-corrected chi connectivity index (χ0v) is 13.4. The molecule has 0 radical (unpaired) electrons. The Balaban J connectivity index is 2.39. The molecule has 1 aromatic carbocycles. The summed E-state index contributed by atoms with van der Waals surface area (Å²) in [5.41, 5.74) is 1.55. The van der Waals surface area contributed by atoms with E-state index in [-0.39, 0.29) is 5.97 Å². The van der Waals surface area contributed by atoms with Gasteiger partial charge in [0.1, 0.15) is 5.00 Å². The summed E-state index contributed by atoms with van der Waals surface area (Å²) in [7, 11) is 1.73. The lowest BCUT2D eigenvalue weighted by Crippen LogP contribution is -2.24. The molecule has 110 valence electrons. The van der Waals surface area contributed by atoms with Crippen molar-refractivity contribution in [2.24, 2.45) is 0 Å². The molecule has 0 fully saturated rings. The molecule has 2 N–H and O–H groups in total. The molecule has 0 atom stereocenters.